The summed E-state index contributed by atoms with van der Waals surface area (Å²) in [5.41, 5.74) is 1.11. The molecule has 1 saturated heterocycles. The standard InChI is InChI=1S/C13H18N2O4/c1-8-3-2-4-10(15-8)13(18)14-5-9-6-19-7-11(16)12(9)17/h2-4,9,11-12,16-17H,5-7H2,1H3,(H,14,18)/t9-,11-,12+/m1/s1. The van der Waals surface area contributed by atoms with E-state index in [0.717, 1.165) is 5.69 Å². The van der Waals surface area contributed by atoms with E-state index in [1.165, 1.54) is 0 Å². The predicted molar refractivity (Wildman–Crippen MR) is 67.6 cm³/mol. The number of carbonyl (C=O) groups is 1. The Labute approximate surface area is 111 Å². The quantitative estimate of drug-likeness (QED) is 0.685. The highest BCUT2D eigenvalue weighted by molar-refractivity contribution is 5.92. The van der Waals surface area contributed by atoms with Crippen LogP contribution in [0.4, 0.5) is 0 Å². The van der Waals surface area contributed by atoms with Gasteiger partial charge in [0.05, 0.1) is 19.3 Å². The minimum Gasteiger partial charge on any atom is -0.390 e. The molecule has 1 aliphatic rings. The Morgan fingerprint density at radius 1 is 1.47 bits per heavy atom. The largest absolute Gasteiger partial charge is 0.390 e. The number of hydrogen-bond donors (Lipinski definition) is 3. The van der Waals surface area contributed by atoms with Crippen LogP contribution in [0.15, 0.2) is 18.2 Å². The molecule has 6 nitrogen and oxygen atoms in total. The van der Waals surface area contributed by atoms with Gasteiger partial charge in [-0.25, -0.2) is 4.98 Å². The topological polar surface area (TPSA) is 91.7 Å². The minimum atomic E-state index is -0.896. The van der Waals surface area contributed by atoms with Crippen molar-refractivity contribution in [3.05, 3.63) is 29.6 Å². The Bertz CT molecular complexity index is 452. The van der Waals surface area contributed by atoms with E-state index in [-0.39, 0.29) is 25.0 Å². The molecule has 0 aliphatic carbocycles. The lowest BCUT2D eigenvalue weighted by atomic mass is 9.96. The van der Waals surface area contributed by atoms with Crippen LogP contribution in [0, 0.1) is 12.8 Å². The van der Waals surface area contributed by atoms with Gasteiger partial charge in [0, 0.05) is 18.2 Å². The fraction of sp³-hybridized carbons (Fsp3) is 0.538. The van der Waals surface area contributed by atoms with Gasteiger partial charge in [-0.2, -0.15) is 0 Å². The number of pyridine rings is 1. The zero-order valence-corrected chi connectivity index (χ0v) is 10.7. The number of aliphatic hydroxyl groups excluding tert-OH is 2. The van der Waals surface area contributed by atoms with Gasteiger partial charge < -0.3 is 20.3 Å². The Kier molecular flexibility index (Phi) is 4.47. The van der Waals surface area contributed by atoms with Crippen LogP contribution in [0.25, 0.3) is 0 Å². The number of rotatable bonds is 3. The molecular weight excluding hydrogens is 248 g/mol. The summed E-state index contributed by atoms with van der Waals surface area (Å²) in [6.07, 6.45) is -1.77. The molecule has 0 unspecified atom stereocenters. The third kappa shape index (κ3) is 3.50. The third-order valence-corrected chi connectivity index (χ3v) is 3.14. The van der Waals surface area contributed by atoms with Gasteiger partial charge in [-0.05, 0) is 19.1 Å². The molecule has 3 N–H and O–H groups in total. The Hall–Kier alpha value is -1.50. The summed E-state index contributed by atoms with van der Waals surface area (Å²) < 4.78 is 5.14. The molecule has 1 aliphatic heterocycles. The number of carbonyl (C=O) groups excluding carboxylic acids is 1. The van der Waals surface area contributed by atoms with Gasteiger partial charge in [0.1, 0.15) is 11.8 Å². The molecule has 1 amide bonds. The number of nitrogens with one attached hydrogen (secondary N) is 1. The molecule has 0 bridgehead atoms. The van der Waals surface area contributed by atoms with Gasteiger partial charge in [-0.3, -0.25) is 4.79 Å². The van der Waals surface area contributed by atoms with Crippen LogP contribution < -0.4 is 5.32 Å². The number of aryl methyl sites for hydroxylation is 1. The third-order valence-electron chi connectivity index (χ3n) is 3.14. The summed E-state index contributed by atoms with van der Waals surface area (Å²) in [5.74, 6) is -0.603. The second-order valence-corrected chi connectivity index (χ2v) is 4.73. The summed E-state index contributed by atoms with van der Waals surface area (Å²) >= 11 is 0. The van der Waals surface area contributed by atoms with E-state index in [1.54, 1.807) is 12.1 Å². The van der Waals surface area contributed by atoms with Crippen molar-refractivity contribution in [2.75, 3.05) is 19.8 Å². The second-order valence-electron chi connectivity index (χ2n) is 4.73. The number of amides is 1. The lowest BCUT2D eigenvalue weighted by molar-refractivity contribution is -0.118. The summed E-state index contributed by atoms with van der Waals surface area (Å²) in [7, 11) is 0. The lowest BCUT2D eigenvalue weighted by Gasteiger charge is -2.31. The Morgan fingerprint density at radius 3 is 3.00 bits per heavy atom. The molecule has 19 heavy (non-hydrogen) atoms. The van der Waals surface area contributed by atoms with Crippen LogP contribution in [-0.4, -0.2) is 53.1 Å². The first-order chi connectivity index (χ1) is 9.08. The molecule has 1 aromatic heterocycles. The van der Waals surface area contributed by atoms with Crippen molar-refractivity contribution in [3.63, 3.8) is 0 Å². The number of hydrogen-bond acceptors (Lipinski definition) is 5. The fourth-order valence-corrected chi connectivity index (χ4v) is 2.02. The van der Waals surface area contributed by atoms with Crippen molar-refractivity contribution in [3.8, 4) is 0 Å². The molecule has 104 valence electrons. The molecule has 2 rings (SSSR count). The molecule has 1 aromatic rings. The maximum atomic E-state index is 11.9. The average molecular weight is 266 g/mol. The number of nitrogens with zero attached hydrogens (tertiary/aromatic N) is 1. The zero-order valence-electron chi connectivity index (χ0n) is 10.7. The highest BCUT2D eigenvalue weighted by Crippen LogP contribution is 2.14. The van der Waals surface area contributed by atoms with Crippen LogP contribution in [0.2, 0.25) is 0 Å². The van der Waals surface area contributed by atoms with Gasteiger partial charge in [0.15, 0.2) is 0 Å². The predicted octanol–water partition coefficient (Wildman–Crippen LogP) is -0.512. The Balaban J connectivity index is 1.90. The van der Waals surface area contributed by atoms with Gasteiger partial charge in [-0.1, -0.05) is 6.07 Å². The molecule has 0 radical (unpaired) electrons. The lowest BCUT2D eigenvalue weighted by Crippen LogP contribution is -2.48. The van der Waals surface area contributed by atoms with Crippen molar-refractivity contribution in [1.29, 1.82) is 0 Å². The van der Waals surface area contributed by atoms with E-state index in [1.807, 2.05) is 13.0 Å². The molecule has 0 spiro atoms. The van der Waals surface area contributed by atoms with Crippen LogP contribution >= 0.6 is 0 Å². The molecule has 0 aromatic carbocycles. The Morgan fingerprint density at radius 2 is 2.26 bits per heavy atom. The molecule has 6 heteroatoms. The summed E-state index contributed by atoms with van der Waals surface area (Å²) in [6, 6.07) is 5.20. The minimum absolute atomic E-state index is 0.130. The van der Waals surface area contributed by atoms with E-state index in [9.17, 15) is 15.0 Å². The van der Waals surface area contributed by atoms with Crippen molar-refractivity contribution < 1.29 is 19.7 Å². The molecule has 0 saturated carbocycles. The van der Waals surface area contributed by atoms with Gasteiger partial charge in [-0.15, -0.1) is 0 Å². The maximum absolute atomic E-state index is 11.9. The van der Waals surface area contributed by atoms with Gasteiger partial charge >= 0.3 is 0 Å². The highest BCUT2D eigenvalue weighted by atomic mass is 16.5. The van der Waals surface area contributed by atoms with Crippen molar-refractivity contribution >= 4 is 5.91 Å². The first-order valence-electron chi connectivity index (χ1n) is 6.23. The van der Waals surface area contributed by atoms with Gasteiger partial charge in [0.25, 0.3) is 5.91 Å². The van der Waals surface area contributed by atoms with Crippen LogP contribution in [0.3, 0.4) is 0 Å². The maximum Gasteiger partial charge on any atom is 0.269 e. The molecule has 2 heterocycles. The average Bonchev–Trinajstić information content (AvgIpc) is 2.40. The fourth-order valence-electron chi connectivity index (χ4n) is 2.02. The molecular formula is C13H18N2O4. The summed E-state index contributed by atoms with van der Waals surface area (Å²) in [5, 5.41) is 21.9. The van der Waals surface area contributed by atoms with E-state index >= 15 is 0 Å². The van der Waals surface area contributed by atoms with Crippen LogP contribution in [0.5, 0.6) is 0 Å². The first-order valence-corrected chi connectivity index (χ1v) is 6.23. The smallest absolute Gasteiger partial charge is 0.269 e. The summed E-state index contributed by atoms with van der Waals surface area (Å²) in [4.78, 5) is 16.0. The van der Waals surface area contributed by atoms with Gasteiger partial charge in [0.2, 0.25) is 0 Å². The van der Waals surface area contributed by atoms with Crippen LogP contribution in [0.1, 0.15) is 16.2 Å². The molecule has 1 fully saturated rings. The van der Waals surface area contributed by atoms with Crippen molar-refractivity contribution in [1.82, 2.24) is 10.3 Å². The number of aromatic nitrogens is 1. The van der Waals surface area contributed by atoms with E-state index in [4.69, 9.17) is 4.74 Å². The normalized spacial score (nSPS) is 27.0. The van der Waals surface area contributed by atoms with Crippen LogP contribution in [-0.2, 0) is 4.74 Å². The van der Waals surface area contributed by atoms with Crippen molar-refractivity contribution in [2.24, 2.45) is 5.92 Å². The first kappa shape index (κ1) is 13.9. The van der Waals surface area contributed by atoms with E-state index in [0.29, 0.717) is 12.3 Å². The van der Waals surface area contributed by atoms with E-state index in [2.05, 4.69) is 10.3 Å². The SMILES string of the molecule is Cc1cccc(C(=O)NC[C@@H]2COC[C@@H](O)[C@H]2O)n1. The number of ether oxygens (including phenoxy) is 1. The highest BCUT2D eigenvalue weighted by Gasteiger charge is 2.31. The monoisotopic (exact) mass is 266 g/mol. The van der Waals surface area contributed by atoms with E-state index < -0.39 is 12.2 Å². The zero-order chi connectivity index (χ0) is 13.8. The van der Waals surface area contributed by atoms with Crippen molar-refractivity contribution in [2.45, 2.75) is 19.1 Å². The number of aliphatic hydroxyl groups is 2. The second kappa shape index (κ2) is 6.10. The summed E-state index contributed by atoms with van der Waals surface area (Å²) in [6.45, 7) is 2.50. The molecule has 3 atom stereocenters.